The van der Waals surface area contributed by atoms with Gasteiger partial charge in [-0.2, -0.15) is 0 Å². The molecule has 0 aromatic heterocycles. The Hall–Kier alpha value is -2.78. The van der Waals surface area contributed by atoms with Crippen molar-refractivity contribution in [3.05, 3.63) is 48.6 Å². The van der Waals surface area contributed by atoms with Crippen LogP contribution in [0, 0.1) is 11.8 Å². The molecule has 5 atom stereocenters. The van der Waals surface area contributed by atoms with E-state index in [1.54, 1.807) is 16.7 Å². The van der Waals surface area contributed by atoms with Crippen molar-refractivity contribution < 1.29 is 19.5 Å². The number of likely N-dealkylation sites (tertiary alicyclic amines) is 1. The van der Waals surface area contributed by atoms with Crippen molar-refractivity contribution in [2.45, 2.75) is 75.3 Å². The summed E-state index contributed by atoms with van der Waals surface area (Å²) < 4.78 is -1.42. The van der Waals surface area contributed by atoms with Gasteiger partial charge in [-0.15, -0.1) is 11.8 Å². The molecule has 8 nitrogen and oxygen atoms in total. The van der Waals surface area contributed by atoms with E-state index in [1.165, 1.54) is 0 Å². The number of hydrogen-bond donors (Lipinski definition) is 1. The summed E-state index contributed by atoms with van der Waals surface area (Å²) in [7, 11) is 0. The number of aliphatic hydroxyl groups is 1. The van der Waals surface area contributed by atoms with Crippen LogP contribution >= 0.6 is 11.8 Å². The third-order valence-corrected chi connectivity index (χ3v) is 11.5. The Balaban J connectivity index is 1.53. The summed E-state index contributed by atoms with van der Waals surface area (Å²) in [4.78, 5) is 51.2. The third-order valence-electron chi connectivity index (χ3n) is 9.73. The minimum absolute atomic E-state index is 0.0227. The lowest BCUT2D eigenvalue weighted by Crippen LogP contribution is -2.53. The van der Waals surface area contributed by atoms with Crippen molar-refractivity contribution in [3.63, 3.8) is 0 Å². The Morgan fingerprint density at radius 2 is 1.56 bits per heavy atom. The van der Waals surface area contributed by atoms with Gasteiger partial charge in [0, 0.05) is 62.0 Å². The lowest BCUT2D eigenvalue weighted by atomic mass is 9.74. The number of hydrogen-bond acceptors (Lipinski definition) is 6. The number of aliphatic hydroxyl groups excluding tert-OH is 1. The molecule has 1 unspecified atom stereocenters. The fourth-order valence-corrected chi connectivity index (χ4v) is 9.85. The van der Waals surface area contributed by atoms with Gasteiger partial charge in [-0.3, -0.25) is 14.4 Å². The minimum Gasteiger partial charge on any atom is -0.396 e. The average molecular weight is 609 g/mol. The van der Waals surface area contributed by atoms with Gasteiger partial charge in [-0.1, -0.05) is 44.1 Å². The highest BCUT2D eigenvalue weighted by Crippen LogP contribution is 2.65. The van der Waals surface area contributed by atoms with Crippen LogP contribution in [-0.2, 0) is 14.4 Å². The molecule has 1 aromatic carbocycles. The molecule has 4 aliphatic rings. The van der Waals surface area contributed by atoms with Crippen LogP contribution in [0.2, 0.25) is 0 Å². The maximum atomic E-state index is 14.7. The zero-order chi connectivity index (χ0) is 30.8. The van der Waals surface area contributed by atoms with Gasteiger partial charge in [0.25, 0.3) is 5.91 Å². The van der Waals surface area contributed by atoms with Crippen molar-refractivity contribution in [2.75, 3.05) is 55.7 Å². The summed E-state index contributed by atoms with van der Waals surface area (Å²) in [5, 5.41) is 9.23. The van der Waals surface area contributed by atoms with E-state index in [0.717, 1.165) is 56.6 Å². The maximum absolute atomic E-state index is 14.7. The third kappa shape index (κ3) is 5.52. The summed E-state index contributed by atoms with van der Waals surface area (Å²) >= 11 is 1.65. The van der Waals surface area contributed by atoms with Crippen molar-refractivity contribution in [3.8, 4) is 0 Å². The lowest BCUT2D eigenvalue weighted by molar-refractivity contribution is -0.143. The first-order valence-electron chi connectivity index (χ1n) is 16.2. The van der Waals surface area contributed by atoms with Crippen LogP contribution in [0.1, 0.15) is 59.8 Å². The number of thioether (sulfide) groups is 1. The van der Waals surface area contributed by atoms with Crippen molar-refractivity contribution in [2.24, 2.45) is 11.8 Å². The van der Waals surface area contributed by atoms with E-state index in [2.05, 4.69) is 63.0 Å². The van der Waals surface area contributed by atoms with Gasteiger partial charge >= 0.3 is 0 Å². The van der Waals surface area contributed by atoms with E-state index >= 15 is 0 Å². The van der Waals surface area contributed by atoms with Crippen LogP contribution in [0.3, 0.4) is 0 Å². The van der Waals surface area contributed by atoms with Crippen LogP contribution in [0.4, 0.5) is 11.4 Å². The highest BCUT2D eigenvalue weighted by Gasteiger charge is 2.73. The minimum atomic E-state index is -0.830. The summed E-state index contributed by atoms with van der Waals surface area (Å²) in [5.74, 6) is -1.28. The predicted octanol–water partition coefficient (Wildman–Crippen LogP) is 4.48. The number of fused-ring (bicyclic) bond motifs is 2. The van der Waals surface area contributed by atoms with E-state index < -0.39 is 27.4 Å². The second kappa shape index (κ2) is 13.1. The fraction of sp³-hybridized carbons (Fsp3) is 0.618. The molecule has 1 spiro atoms. The number of carbonyl (C=O) groups excluding carboxylic acids is 3. The number of nitrogens with zero attached hydrogens (tertiary/aromatic N) is 4. The first kappa shape index (κ1) is 31.6. The quantitative estimate of drug-likeness (QED) is 0.278. The summed E-state index contributed by atoms with van der Waals surface area (Å²) in [6.45, 7) is 12.5. The molecular formula is C34H48N4O4S. The van der Waals surface area contributed by atoms with Crippen LogP contribution < -0.4 is 9.80 Å². The zero-order valence-corrected chi connectivity index (χ0v) is 27.0. The Labute approximate surface area is 261 Å². The number of amides is 3. The molecule has 5 rings (SSSR count). The maximum Gasteiger partial charge on any atom is 0.251 e. The molecular weight excluding hydrogens is 560 g/mol. The van der Waals surface area contributed by atoms with Gasteiger partial charge < -0.3 is 24.7 Å². The highest BCUT2D eigenvalue weighted by molar-refractivity contribution is 8.02. The molecule has 4 heterocycles. The van der Waals surface area contributed by atoms with Gasteiger partial charge in [0.2, 0.25) is 11.8 Å². The molecule has 1 N–H and O–H groups in total. The molecule has 2 fully saturated rings. The number of anilines is 2. The Morgan fingerprint density at radius 1 is 0.860 bits per heavy atom. The van der Waals surface area contributed by atoms with Crippen molar-refractivity contribution in [1.82, 2.24) is 9.80 Å². The van der Waals surface area contributed by atoms with Crippen LogP contribution in [-0.4, -0.2) is 94.0 Å². The predicted molar refractivity (Wildman–Crippen MR) is 174 cm³/mol. The first-order chi connectivity index (χ1) is 20.8. The van der Waals surface area contributed by atoms with E-state index in [1.807, 2.05) is 28.0 Å². The SMILES string of the molecule is CCCN1CC=C[C@]2(C)S[C@]34C=CCN(c5ccc(N(CC)CC)cc5)C(=O)C3N(CCCCCCO)C(=O)[C@@H]4[C@@H]2C1=O. The molecule has 234 valence electrons. The smallest absolute Gasteiger partial charge is 0.251 e. The lowest BCUT2D eigenvalue weighted by Gasteiger charge is -2.37. The standard InChI is InChI=1S/C34H48N4O4S/c1-5-20-36-21-12-18-33(4)27(30(36)40)28-31(41)38(22-10-8-9-11-24-39)29-32(42)37(23-13-19-34(28,29)43-33)26-16-14-25(15-17-26)35(6-2)7-3/h12-19,27-29,39H,5-11,20-24H2,1-4H3/t27-,28+,29?,33+,34+/m1/s1. The van der Waals surface area contributed by atoms with E-state index in [0.29, 0.717) is 26.2 Å². The van der Waals surface area contributed by atoms with E-state index in [4.69, 9.17) is 0 Å². The van der Waals surface area contributed by atoms with E-state index in [9.17, 15) is 19.5 Å². The van der Waals surface area contributed by atoms with Crippen molar-refractivity contribution in [1.29, 1.82) is 0 Å². The topological polar surface area (TPSA) is 84.4 Å². The molecule has 0 radical (unpaired) electrons. The molecule has 1 aromatic rings. The Kier molecular flexibility index (Phi) is 9.61. The average Bonchev–Trinajstić information content (AvgIpc) is 3.26. The van der Waals surface area contributed by atoms with Gasteiger partial charge in [-0.25, -0.2) is 0 Å². The van der Waals surface area contributed by atoms with Crippen LogP contribution in [0.5, 0.6) is 0 Å². The Morgan fingerprint density at radius 3 is 2.23 bits per heavy atom. The van der Waals surface area contributed by atoms with Crippen LogP contribution in [0.25, 0.3) is 0 Å². The molecule has 0 saturated carbocycles. The van der Waals surface area contributed by atoms with Gasteiger partial charge in [0.1, 0.15) is 6.04 Å². The number of benzene rings is 1. The van der Waals surface area contributed by atoms with E-state index in [-0.39, 0.29) is 24.3 Å². The van der Waals surface area contributed by atoms with Crippen LogP contribution in [0.15, 0.2) is 48.6 Å². The second-order valence-corrected chi connectivity index (χ2v) is 14.2. The summed E-state index contributed by atoms with van der Waals surface area (Å²) in [5.41, 5.74) is 1.93. The normalized spacial score (nSPS) is 29.9. The molecule has 0 aliphatic carbocycles. The number of unbranched alkanes of at least 4 members (excludes halogenated alkanes) is 3. The molecule has 2 saturated heterocycles. The summed E-state index contributed by atoms with van der Waals surface area (Å²) in [6, 6.07) is 7.45. The fourth-order valence-electron chi connectivity index (χ4n) is 7.69. The second-order valence-electron chi connectivity index (χ2n) is 12.4. The molecule has 3 amide bonds. The zero-order valence-electron chi connectivity index (χ0n) is 26.2. The molecule has 4 aliphatic heterocycles. The monoisotopic (exact) mass is 608 g/mol. The van der Waals surface area contributed by atoms with Gasteiger partial charge in [0.05, 0.1) is 16.6 Å². The van der Waals surface area contributed by atoms with Gasteiger partial charge in [0.15, 0.2) is 0 Å². The molecule has 0 bridgehead atoms. The van der Waals surface area contributed by atoms with Gasteiger partial charge in [-0.05, 0) is 64.3 Å². The summed E-state index contributed by atoms with van der Waals surface area (Å²) in [6.07, 6.45) is 12.4. The first-order valence-corrected chi connectivity index (χ1v) is 17.0. The highest BCUT2D eigenvalue weighted by atomic mass is 32.2. The largest absolute Gasteiger partial charge is 0.396 e. The van der Waals surface area contributed by atoms with Crippen molar-refractivity contribution >= 4 is 40.9 Å². The number of rotatable bonds is 12. The molecule has 43 heavy (non-hydrogen) atoms. The molecule has 9 heteroatoms. The Bertz CT molecular complexity index is 1250. The number of carbonyl (C=O) groups is 3.